The number of anilines is 1. The van der Waals surface area contributed by atoms with Crippen molar-refractivity contribution in [3.05, 3.63) is 39.8 Å². The number of hydrogen-bond acceptors (Lipinski definition) is 10. The molecule has 2 aromatic heterocycles. The normalized spacial score (nSPS) is 17.3. The Hall–Kier alpha value is -3.95. The van der Waals surface area contributed by atoms with Crippen molar-refractivity contribution in [3.63, 3.8) is 0 Å². The standard InChI is InChI=1S/C30H42N8O4/c1-4-5-17-41-29-35-27(32)26-28(36-29)38(30(40)34-26)15-7-10-24-18-23(12-16-37(24)14-8-13-31)33-19-22-9-6-11-25(20(22)2)42-21(3)39/h6,9,11,23-24,33H,4-5,7-8,10,12,14-19H2,1-3H3,(H,34,40)(H2,32,35,36). The van der Waals surface area contributed by atoms with Crippen LogP contribution in [0.1, 0.15) is 69.9 Å². The highest BCUT2D eigenvalue weighted by Crippen LogP contribution is 2.25. The van der Waals surface area contributed by atoms with E-state index < -0.39 is 0 Å². The molecule has 4 rings (SSSR count). The van der Waals surface area contributed by atoms with E-state index in [1.165, 1.54) is 6.92 Å². The number of rotatable bonds is 14. The first-order chi connectivity index (χ1) is 20.3. The van der Waals surface area contributed by atoms with Crippen LogP contribution in [-0.4, -0.2) is 62.2 Å². The molecular weight excluding hydrogens is 536 g/mol. The molecule has 1 aliphatic heterocycles. The summed E-state index contributed by atoms with van der Waals surface area (Å²) in [5, 5.41) is 12.9. The lowest BCUT2D eigenvalue weighted by molar-refractivity contribution is -0.131. The number of aryl methyl sites for hydroxylation is 1. The van der Waals surface area contributed by atoms with E-state index in [0.29, 0.717) is 49.1 Å². The Labute approximate surface area is 246 Å². The van der Waals surface area contributed by atoms with Gasteiger partial charge >= 0.3 is 17.7 Å². The van der Waals surface area contributed by atoms with E-state index in [0.717, 1.165) is 62.7 Å². The maximum absolute atomic E-state index is 12.8. The van der Waals surface area contributed by atoms with Crippen LogP contribution in [0.25, 0.3) is 11.2 Å². The third-order valence-electron chi connectivity index (χ3n) is 7.86. The van der Waals surface area contributed by atoms with Crippen molar-refractivity contribution in [2.75, 3.05) is 25.4 Å². The predicted octanol–water partition coefficient (Wildman–Crippen LogP) is 3.43. The van der Waals surface area contributed by atoms with Crippen LogP contribution < -0.4 is 26.2 Å². The van der Waals surface area contributed by atoms with Gasteiger partial charge in [-0.1, -0.05) is 25.5 Å². The summed E-state index contributed by atoms with van der Waals surface area (Å²) in [7, 11) is 0. The summed E-state index contributed by atoms with van der Waals surface area (Å²) in [5.41, 5.74) is 8.76. The molecule has 2 atom stereocenters. The van der Waals surface area contributed by atoms with Gasteiger partial charge in [0, 0.05) is 45.1 Å². The number of nitriles is 1. The number of nitrogens with two attached hydrogens (primary N) is 1. The van der Waals surface area contributed by atoms with Gasteiger partial charge in [0.15, 0.2) is 11.5 Å². The third kappa shape index (κ3) is 7.86. The molecule has 0 saturated carbocycles. The quantitative estimate of drug-likeness (QED) is 0.147. The summed E-state index contributed by atoms with van der Waals surface area (Å²) in [5.74, 6) is 0.451. The first-order valence-electron chi connectivity index (χ1n) is 14.8. The summed E-state index contributed by atoms with van der Waals surface area (Å²) >= 11 is 0. The molecule has 1 aliphatic rings. The molecule has 12 nitrogen and oxygen atoms in total. The van der Waals surface area contributed by atoms with Gasteiger partial charge in [-0.15, -0.1) is 0 Å². The molecule has 226 valence electrons. The lowest BCUT2D eigenvalue weighted by Gasteiger charge is -2.40. The van der Waals surface area contributed by atoms with Crippen LogP contribution in [0.3, 0.4) is 0 Å². The highest BCUT2D eigenvalue weighted by atomic mass is 16.5. The number of nitrogens with one attached hydrogen (secondary N) is 2. The minimum Gasteiger partial charge on any atom is -0.463 e. The Morgan fingerprint density at radius 2 is 2.12 bits per heavy atom. The number of aromatic amines is 1. The molecule has 4 N–H and O–H groups in total. The molecule has 2 unspecified atom stereocenters. The maximum Gasteiger partial charge on any atom is 0.327 e. The molecule has 0 radical (unpaired) electrons. The van der Waals surface area contributed by atoms with Gasteiger partial charge in [0.25, 0.3) is 0 Å². The van der Waals surface area contributed by atoms with Gasteiger partial charge in [0.2, 0.25) is 0 Å². The SMILES string of the molecule is CCCCOc1nc(N)c2[nH]c(=O)n(CCCC3CC(NCc4cccc(OC(C)=O)c4C)CCN3CCC#N)c2n1. The number of hydrogen-bond donors (Lipinski definition) is 3. The predicted molar refractivity (Wildman–Crippen MR) is 160 cm³/mol. The Morgan fingerprint density at radius 1 is 1.29 bits per heavy atom. The lowest BCUT2D eigenvalue weighted by atomic mass is 9.93. The van der Waals surface area contributed by atoms with E-state index >= 15 is 0 Å². The van der Waals surface area contributed by atoms with Crippen LogP contribution in [0.5, 0.6) is 11.8 Å². The van der Waals surface area contributed by atoms with Crippen molar-refractivity contribution in [1.29, 1.82) is 5.26 Å². The monoisotopic (exact) mass is 578 g/mol. The fourth-order valence-electron chi connectivity index (χ4n) is 5.54. The smallest absolute Gasteiger partial charge is 0.327 e. The van der Waals surface area contributed by atoms with Gasteiger partial charge in [-0.2, -0.15) is 15.2 Å². The van der Waals surface area contributed by atoms with Crippen molar-refractivity contribution in [2.45, 2.75) is 90.9 Å². The van der Waals surface area contributed by atoms with Crippen LogP contribution in [-0.2, 0) is 17.9 Å². The molecule has 1 saturated heterocycles. The topological polar surface area (TPSA) is 164 Å². The van der Waals surface area contributed by atoms with Crippen molar-refractivity contribution < 1.29 is 14.3 Å². The van der Waals surface area contributed by atoms with Crippen LogP contribution in [0.15, 0.2) is 23.0 Å². The van der Waals surface area contributed by atoms with E-state index in [4.69, 9.17) is 15.2 Å². The van der Waals surface area contributed by atoms with Gasteiger partial charge in [-0.05, 0) is 62.8 Å². The number of ether oxygens (including phenoxy) is 2. The average Bonchev–Trinajstić information content (AvgIpc) is 3.28. The molecule has 12 heteroatoms. The minimum atomic E-state index is -0.331. The second-order valence-electron chi connectivity index (χ2n) is 10.9. The van der Waals surface area contributed by atoms with Crippen LogP contribution in [0.2, 0.25) is 0 Å². The number of imidazole rings is 1. The Morgan fingerprint density at radius 3 is 2.88 bits per heavy atom. The lowest BCUT2D eigenvalue weighted by Crippen LogP contribution is -2.48. The zero-order valence-electron chi connectivity index (χ0n) is 24.8. The Kier molecular flexibility index (Phi) is 10.9. The van der Waals surface area contributed by atoms with Gasteiger partial charge in [0.05, 0.1) is 12.7 Å². The molecule has 42 heavy (non-hydrogen) atoms. The molecule has 1 fully saturated rings. The van der Waals surface area contributed by atoms with E-state index in [9.17, 15) is 14.9 Å². The number of esters is 1. The Balaban J connectivity index is 1.40. The second kappa shape index (κ2) is 14.8. The molecule has 3 heterocycles. The number of carbonyl (C=O) groups is 1. The van der Waals surface area contributed by atoms with Crippen LogP contribution in [0, 0.1) is 18.3 Å². The number of unbranched alkanes of at least 4 members (excludes halogenated alkanes) is 1. The number of nitrogens with zero attached hydrogens (tertiary/aromatic N) is 5. The summed E-state index contributed by atoms with van der Waals surface area (Å²) < 4.78 is 12.6. The number of benzene rings is 1. The molecule has 0 spiro atoms. The number of carbonyl (C=O) groups excluding carboxylic acids is 1. The van der Waals surface area contributed by atoms with Crippen molar-refractivity contribution in [2.24, 2.45) is 0 Å². The van der Waals surface area contributed by atoms with E-state index in [1.54, 1.807) is 4.57 Å². The zero-order chi connectivity index (χ0) is 30.1. The van der Waals surface area contributed by atoms with Gasteiger partial charge in [-0.25, -0.2) is 4.79 Å². The van der Waals surface area contributed by atoms with Crippen LogP contribution >= 0.6 is 0 Å². The largest absolute Gasteiger partial charge is 0.463 e. The van der Waals surface area contributed by atoms with Gasteiger partial charge in [-0.3, -0.25) is 14.3 Å². The van der Waals surface area contributed by atoms with Gasteiger partial charge < -0.3 is 25.5 Å². The van der Waals surface area contributed by atoms with Crippen molar-refractivity contribution >= 4 is 23.0 Å². The Bertz CT molecular complexity index is 1460. The highest BCUT2D eigenvalue weighted by molar-refractivity contribution is 5.81. The zero-order valence-corrected chi connectivity index (χ0v) is 24.8. The maximum atomic E-state index is 12.8. The van der Waals surface area contributed by atoms with Gasteiger partial charge in [0.1, 0.15) is 11.3 Å². The number of piperidine rings is 1. The molecule has 3 aromatic rings. The van der Waals surface area contributed by atoms with E-state index in [2.05, 4.69) is 38.2 Å². The highest BCUT2D eigenvalue weighted by Gasteiger charge is 2.28. The number of fused-ring (bicyclic) bond motifs is 1. The fraction of sp³-hybridized carbons (Fsp3) is 0.567. The third-order valence-corrected chi connectivity index (χ3v) is 7.86. The minimum absolute atomic E-state index is 0.179. The van der Waals surface area contributed by atoms with E-state index in [-0.39, 0.29) is 29.5 Å². The summed E-state index contributed by atoms with van der Waals surface area (Å²) in [6, 6.07) is 8.78. The second-order valence-corrected chi connectivity index (χ2v) is 10.9. The average molecular weight is 579 g/mol. The number of nitrogen functional groups attached to an aromatic ring is 1. The molecule has 0 aliphatic carbocycles. The van der Waals surface area contributed by atoms with E-state index in [1.807, 2.05) is 25.1 Å². The summed E-state index contributed by atoms with van der Waals surface area (Å²) in [6.45, 7) is 8.71. The first-order valence-corrected chi connectivity index (χ1v) is 14.8. The van der Waals surface area contributed by atoms with Crippen molar-refractivity contribution in [3.8, 4) is 17.8 Å². The molecule has 1 aromatic carbocycles. The summed E-state index contributed by atoms with van der Waals surface area (Å²) in [4.78, 5) is 38.1. The fourth-order valence-corrected chi connectivity index (χ4v) is 5.54. The number of likely N-dealkylation sites (tertiary alicyclic amines) is 1. The summed E-state index contributed by atoms with van der Waals surface area (Å²) in [6.07, 6.45) is 5.87. The molecule has 0 bridgehead atoms. The van der Waals surface area contributed by atoms with Crippen LogP contribution in [0.4, 0.5) is 5.82 Å². The number of aromatic nitrogens is 4. The van der Waals surface area contributed by atoms with Crippen molar-refractivity contribution in [1.82, 2.24) is 29.7 Å². The molecule has 0 amide bonds. The number of H-pyrrole nitrogens is 1. The first kappa shape index (κ1) is 31.0. The molecular formula is C30H42N8O4.